The monoisotopic (exact) mass is 472 g/mol. The van der Waals surface area contributed by atoms with Gasteiger partial charge < -0.3 is 15.8 Å². The number of aromatic nitrogens is 1. The number of halogens is 4. The van der Waals surface area contributed by atoms with E-state index in [4.69, 9.17) is 5.73 Å². The van der Waals surface area contributed by atoms with Crippen LogP contribution >= 0.6 is 35.3 Å². The van der Waals surface area contributed by atoms with Crippen LogP contribution in [-0.2, 0) is 6.42 Å². The van der Waals surface area contributed by atoms with Gasteiger partial charge in [-0.1, -0.05) is 0 Å². The van der Waals surface area contributed by atoms with Crippen LogP contribution in [-0.4, -0.2) is 23.9 Å². The average molecular weight is 472 g/mol. The molecule has 1 heterocycles. The molecule has 0 fully saturated rings. The van der Waals surface area contributed by atoms with Gasteiger partial charge in [0.05, 0.1) is 5.01 Å². The second-order valence-electron chi connectivity index (χ2n) is 4.58. The minimum Gasteiger partial charge on any atom is -0.406 e. The predicted molar refractivity (Wildman–Crippen MR) is 99.2 cm³/mol. The van der Waals surface area contributed by atoms with Crippen LogP contribution in [0.4, 0.5) is 18.9 Å². The lowest BCUT2D eigenvalue weighted by Gasteiger charge is -2.10. The Hall–Kier alpha value is -1.56. The van der Waals surface area contributed by atoms with E-state index in [1.165, 1.54) is 24.3 Å². The molecule has 0 spiro atoms. The number of aliphatic imine (C=N–C) groups is 1. The summed E-state index contributed by atoms with van der Waals surface area (Å²) in [6.07, 6.45) is -2.22. The molecular formula is C14H16F3IN4OS. The molecule has 1 aromatic heterocycles. The number of ether oxygens (including phenoxy) is 1. The molecule has 0 atom stereocenters. The molecule has 0 bridgehead atoms. The molecule has 10 heteroatoms. The van der Waals surface area contributed by atoms with Gasteiger partial charge in [0, 0.05) is 29.7 Å². The molecule has 0 saturated carbocycles. The van der Waals surface area contributed by atoms with Crippen LogP contribution < -0.4 is 15.8 Å². The molecule has 0 aliphatic carbocycles. The van der Waals surface area contributed by atoms with Crippen molar-refractivity contribution in [2.45, 2.75) is 19.7 Å². The number of alkyl halides is 3. The second kappa shape index (κ2) is 9.06. The van der Waals surface area contributed by atoms with Crippen LogP contribution in [0, 0.1) is 6.92 Å². The lowest BCUT2D eigenvalue weighted by molar-refractivity contribution is -0.274. The van der Waals surface area contributed by atoms with E-state index in [0.29, 0.717) is 18.7 Å². The first-order valence-corrected chi connectivity index (χ1v) is 7.47. The van der Waals surface area contributed by atoms with Crippen molar-refractivity contribution in [2.75, 3.05) is 11.9 Å². The van der Waals surface area contributed by atoms with Crippen LogP contribution in [0.2, 0.25) is 0 Å². The number of nitrogens with one attached hydrogen (secondary N) is 1. The first-order valence-electron chi connectivity index (χ1n) is 6.66. The molecule has 0 amide bonds. The Balaban J connectivity index is 0.00000288. The van der Waals surface area contributed by atoms with Crippen LogP contribution in [0.15, 0.2) is 35.5 Å². The molecule has 0 radical (unpaired) electrons. The SMILES string of the molecule is Cc1cnc(CCN=C(N)Nc2ccc(OC(F)(F)F)cc2)s1.I. The van der Waals surface area contributed by atoms with Crippen molar-refractivity contribution in [3.8, 4) is 5.75 Å². The van der Waals surface area contributed by atoms with Crippen LogP contribution in [0.25, 0.3) is 0 Å². The van der Waals surface area contributed by atoms with Crippen molar-refractivity contribution in [2.24, 2.45) is 10.7 Å². The molecule has 24 heavy (non-hydrogen) atoms. The first-order chi connectivity index (χ1) is 10.8. The van der Waals surface area contributed by atoms with E-state index >= 15 is 0 Å². The second-order valence-corrected chi connectivity index (χ2v) is 5.90. The van der Waals surface area contributed by atoms with Gasteiger partial charge in [-0.05, 0) is 31.2 Å². The molecule has 1 aromatic carbocycles. The van der Waals surface area contributed by atoms with Crippen molar-refractivity contribution >= 4 is 47.0 Å². The maximum absolute atomic E-state index is 12.1. The third kappa shape index (κ3) is 7.34. The topological polar surface area (TPSA) is 72.5 Å². The number of hydrogen-bond donors (Lipinski definition) is 2. The Kier molecular flexibility index (Phi) is 7.73. The highest BCUT2D eigenvalue weighted by molar-refractivity contribution is 14.0. The van der Waals surface area contributed by atoms with Crippen molar-refractivity contribution in [1.29, 1.82) is 0 Å². The maximum Gasteiger partial charge on any atom is 0.573 e. The number of aryl methyl sites for hydroxylation is 1. The Bertz CT molecular complexity index is 673. The summed E-state index contributed by atoms with van der Waals surface area (Å²) in [6, 6.07) is 5.24. The molecular weight excluding hydrogens is 456 g/mol. The molecule has 3 N–H and O–H groups in total. The Morgan fingerprint density at radius 3 is 2.54 bits per heavy atom. The van der Waals surface area contributed by atoms with Gasteiger partial charge in [-0.3, -0.25) is 4.99 Å². The summed E-state index contributed by atoms with van der Waals surface area (Å²) in [5.41, 5.74) is 6.24. The van der Waals surface area contributed by atoms with Crippen molar-refractivity contribution in [3.05, 3.63) is 40.3 Å². The number of rotatable bonds is 5. The van der Waals surface area contributed by atoms with Gasteiger partial charge in [-0.15, -0.1) is 48.5 Å². The molecule has 0 aliphatic rings. The summed E-state index contributed by atoms with van der Waals surface area (Å²) in [7, 11) is 0. The summed E-state index contributed by atoms with van der Waals surface area (Å²) in [5.74, 6) is -0.111. The highest BCUT2D eigenvalue weighted by Crippen LogP contribution is 2.23. The van der Waals surface area contributed by atoms with Gasteiger partial charge in [0.25, 0.3) is 0 Å². The number of nitrogens with zero attached hydrogens (tertiary/aromatic N) is 2. The van der Waals surface area contributed by atoms with Crippen LogP contribution in [0.5, 0.6) is 5.75 Å². The van der Waals surface area contributed by atoms with Crippen molar-refractivity contribution in [3.63, 3.8) is 0 Å². The largest absolute Gasteiger partial charge is 0.573 e. The van der Waals surface area contributed by atoms with Crippen molar-refractivity contribution in [1.82, 2.24) is 4.98 Å². The normalized spacial score (nSPS) is 11.8. The van der Waals surface area contributed by atoms with Crippen molar-refractivity contribution < 1.29 is 17.9 Å². The van der Waals surface area contributed by atoms with E-state index < -0.39 is 6.36 Å². The fourth-order valence-corrected chi connectivity index (χ4v) is 2.49. The lowest BCUT2D eigenvalue weighted by Crippen LogP contribution is -2.23. The highest BCUT2D eigenvalue weighted by atomic mass is 127. The zero-order chi connectivity index (χ0) is 16.9. The minimum absolute atomic E-state index is 0. The molecule has 2 aromatic rings. The van der Waals surface area contributed by atoms with E-state index in [9.17, 15) is 13.2 Å². The van der Waals surface area contributed by atoms with E-state index in [2.05, 4.69) is 20.0 Å². The Labute approximate surface area is 158 Å². The number of hydrogen-bond acceptors (Lipinski definition) is 4. The van der Waals surface area contributed by atoms with Crippen LogP contribution in [0.3, 0.4) is 0 Å². The molecule has 0 unspecified atom stereocenters. The third-order valence-electron chi connectivity index (χ3n) is 2.64. The number of thiazole rings is 1. The van der Waals surface area contributed by atoms with E-state index in [1.807, 2.05) is 6.92 Å². The van der Waals surface area contributed by atoms with E-state index in [-0.39, 0.29) is 35.7 Å². The Morgan fingerprint density at radius 2 is 2.00 bits per heavy atom. The molecule has 2 rings (SSSR count). The first kappa shape index (κ1) is 20.5. The fraction of sp³-hybridized carbons (Fsp3) is 0.286. The number of anilines is 1. The lowest BCUT2D eigenvalue weighted by atomic mass is 10.3. The predicted octanol–water partition coefficient (Wildman–Crippen LogP) is 3.94. The minimum atomic E-state index is -4.70. The summed E-state index contributed by atoms with van der Waals surface area (Å²) in [6.45, 7) is 2.45. The molecule has 5 nitrogen and oxygen atoms in total. The quantitative estimate of drug-likeness (QED) is 0.393. The zero-order valence-corrected chi connectivity index (χ0v) is 15.8. The van der Waals surface area contributed by atoms with E-state index in [1.54, 1.807) is 17.5 Å². The Morgan fingerprint density at radius 1 is 1.33 bits per heavy atom. The summed E-state index contributed by atoms with van der Waals surface area (Å²) < 4.78 is 39.9. The summed E-state index contributed by atoms with van der Waals surface area (Å²) in [4.78, 5) is 9.50. The third-order valence-corrected chi connectivity index (χ3v) is 3.61. The van der Waals surface area contributed by atoms with Gasteiger partial charge in [0.2, 0.25) is 0 Å². The van der Waals surface area contributed by atoms with Gasteiger partial charge in [-0.2, -0.15) is 0 Å². The average Bonchev–Trinajstić information content (AvgIpc) is 2.85. The van der Waals surface area contributed by atoms with Gasteiger partial charge in [0.1, 0.15) is 5.75 Å². The number of benzene rings is 1. The maximum atomic E-state index is 12.1. The van der Waals surface area contributed by atoms with Gasteiger partial charge in [-0.25, -0.2) is 4.98 Å². The molecule has 0 saturated heterocycles. The molecule has 132 valence electrons. The van der Waals surface area contributed by atoms with E-state index in [0.717, 1.165) is 9.88 Å². The standard InChI is InChI=1S/C14H15F3N4OS.HI/c1-9-8-20-12(23-9)6-7-19-13(18)21-10-2-4-11(5-3-10)22-14(15,16)17;/h2-5,8H,6-7H2,1H3,(H3,18,19,21);1H. The van der Waals surface area contributed by atoms with Crippen LogP contribution in [0.1, 0.15) is 9.88 Å². The summed E-state index contributed by atoms with van der Waals surface area (Å²) >= 11 is 1.60. The van der Waals surface area contributed by atoms with Gasteiger partial charge in [0.15, 0.2) is 5.96 Å². The highest BCUT2D eigenvalue weighted by Gasteiger charge is 2.30. The zero-order valence-electron chi connectivity index (χ0n) is 12.6. The number of guanidine groups is 1. The van der Waals surface area contributed by atoms with Gasteiger partial charge >= 0.3 is 6.36 Å². The summed E-state index contributed by atoms with van der Waals surface area (Å²) in [5, 5.41) is 3.78. The fourth-order valence-electron chi connectivity index (χ4n) is 1.72. The smallest absolute Gasteiger partial charge is 0.406 e. The number of nitrogens with two attached hydrogens (primary N) is 1. The molecule has 0 aliphatic heterocycles.